The van der Waals surface area contributed by atoms with Crippen LogP contribution in [0.2, 0.25) is 10.0 Å². The number of carbonyl (C=O) groups is 1. The van der Waals surface area contributed by atoms with Gasteiger partial charge in [0.2, 0.25) is 5.91 Å². The van der Waals surface area contributed by atoms with E-state index in [4.69, 9.17) is 23.2 Å². The van der Waals surface area contributed by atoms with Gasteiger partial charge in [-0.1, -0.05) is 53.5 Å². The standard InChI is InChI=1S/C27H29Cl2N5O4S/c1-17(2)39(37,38)34-23(35)16-22-30-18(3)24(26(33(22)34)20-10-7-11-21(28)25(20)29)27(36)32-14-12-31(13-15-32)19-8-5-4-6-9-19/h4-11,16-17,24,26H,12-15H2,1-3H3. The normalized spacial score (nSPS) is 19.7. The predicted octanol–water partition coefficient (Wildman–Crippen LogP) is 4.20. The zero-order valence-electron chi connectivity index (χ0n) is 21.8. The molecule has 5 rings (SSSR count). The number of rotatable bonds is 5. The Morgan fingerprint density at radius 2 is 1.67 bits per heavy atom. The molecule has 3 heterocycles. The molecule has 0 radical (unpaired) electrons. The third-order valence-electron chi connectivity index (χ3n) is 7.31. The number of aliphatic imine (C=N–C) groups is 1. The minimum atomic E-state index is -4.11. The van der Waals surface area contributed by atoms with Gasteiger partial charge in [-0.15, -0.1) is 4.09 Å². The maximum absolute atomic E-state index is 14.2. The average Bonchev–Trinajstić information content (AvgIpc) is 3.25. The number of para-hydroxylation sites is 1. The van der Waals surface area contributed by atoms with E-state index in [1.165, 1.54) is 24.6 Å². The smallest absolute Gasteiger partial charge is 0.283 e. The Morgan fingerprint density at radius 1 is 1.00 bits per heavy atom. The summed E-state index contributed by atoms with van der Waals surface area (Å²) in [6, 6.07) is 15.2. The third kappa shape index (κ3) is 4.79. The van der Waals surface area contributed by atoms with Gasteiger partial charge in [0.1, 0.15) is 5.92 Å². The summed E-state index contributed by atoms with van der Waals surface area (Å²) in [6.07, 6.45) is 0. The Kier molecular flexibility index (Phi) is 7.39. The largest absolute Gasteiger partial charge is 0.368 e. The van der Waals surface area contributed by atoms with E-state index < -0.39 is 32.8 Å². The van der Waals surface area contributed by atoms with E-state index >= 15 is 0 Å². The summed E-state index contributed by atoms with van der Waals surface area (Å²) in [5, 5.41) is -0.450. The Labute approximate surface area is 237 Å². The van der Waals surface area contributed by atoms with Gasteiger partial charge in [0.05, 0.1) is 27.4 Å². The molecule has 2 aromatic carbocycles. The van der Waals surface area contributed by atoms with E-state index in [9.17, 15) is 18.0 Å². The first-order valence-corrected chi connectivity index (χ1v) is 14.9. The van der Waals surface area contributed by atoms with Crippen LogP contribution >= 0.6 is 23.2 Å². The van der Waals surface area contributed by atoms with Gasteiger partial charge in [-0.25, -0.2) is 18.1 Å². The molecule has 206 valence electrons. The van der Waals surface area contributed by atoms with Crippen LogP contribution in [0, 0.1) is 5.92 Å². The van der Waals surface area contributed by atoms with Crippen molar-refractivity contribution in [3.63, 3.8) is 0 Å². The molecule has 2 unspecified atom stereocenters. The van der Waals surface area contributed by atoms with Gasteiger partial charge in [0.25, 0.3) is 15.6 Å². The highest BCUT2D eigenvalue weighted by Gasteiger charge is 2.44. The maximum atomic E-state index is 14.2. The predicted molar refractivity (Wildman–Crippen MR) is 154 cm³/mol. The number of fused-ring (bicyclic) bond motifs is 1. The number of aromatic nitrogens is 2. The Balaban J connectivity index is 1.60. The molecule has 1 fully saturated rings. The van der Waals surface area contributed by atoms with Crippen LogP contribution < -0.4 is 10.5 Å². The number of hydrogen-bond donors (Lipinski definition) is 0. The van der Waals surface area contributed by atoms with E-state index in [-0.39, 0.29) is 21.8 Å². The molecule has 0 aliphatic carbocycles. The molecule has 1 saturated heterocycles. The first kappa shape index (κ1) is 27.5. The monoisotopic (exact) mass is 589 g/mol. The molecule has 39 heavy (non-hydrogen) atoms. The number of piperazine rings is 1. The maximum Gasteiger partial charge on any atom is 0.283 e. The Hall–Kier alpha value is -3.08. The van der Waals surface area contributed by atoms with Crippen LogP contribution in [-0.2, 0) is 14.8 Å². The topological polar surface area (TPSA) is 97.0 Å². The van der Waals surface area contributed by atoms with Crippen molar-refractivity contribution in [2.24, 2.45) is 10.9 Å². The lowest BCUT2D eigenvalue weighted by Crippen LogP contribution is -2.53. The molecule has 1 aromatic heterocycles. The number of nitrogens with zero attached hydrogens (tertiary/aromatic N) is 5. The summed E-state index contributed by atoms with van der Waals surface area (Å²) in [5.74, 6) is -0.983. The van der Waals surface area contributed by atoms with Crippen LogP contribution in [0.5, 0.6) is 0 Å². The first-order chi connectivity index (χ1) is 18.5. The zero-order valence-corrected chi connectivity index (χ0v) is 24.1. The van der Waals surface area contributed by atoms with Crippen LogP contribution in [0.15, 0.2) is 64.4 Å². The van der Waals surface area contributed by atoms with Gasteiger partial charge >= 0.3 is 0 Å². The molecule has 0 bridgehead atoms. The van der Waals surface area contributed by atoms with Crippen LogP contribution in [0.3, 0.4) is 0 Å². The molecule has 2 aliphatic heterocycles. The SMILES string of the molecule is CC1=Nc2cc(=O)n(S(=O)(=O)C(C)C)n2C(c2cccc(Cl)c2Cl)C1C(=O)N1CCN(c2ccccc2)CC1. The number of benzene rings is 2. The molecule has 0 saturated carbocycles. The molecular weight excluding hydrogens is 561 g/mol. The summed E-state index contributed by atoms with van der Waals surface area (Å²) < 4.78 is 28.8. The quantitative estimate of drug-likeness (QED) is 0.444. The van der Waals surface area contributed by atoms with Crippen LogP contribution in [0.1, 0.15) is 32.4 Å². The highest BCUT2D eigenvalue weighted by molar-refractivity contribution is 7.90. The van der Waals surface area contributed by atoms with Crippen molar-refractivity contribution in [1.29, 1.82) is 0 Å². The molecule has 1 amide bonds. The summed E-state index contributed by atoms with van der Waals surface area (Å²) in [6.45, 7) is 6.94. The molecule has 2 atom stereocenters. The second-order valence-corrected chi connectivity index (χ2v) is 13.1. The fourth-order valence-corrected chi connectivity index (χ4v) is 6.79. The summed E-state index contributed by atoms with van der Waals surface area (Å²) in [7, 11) is -4.11. The van der Waals surface area contributed by atoms with Crippen molar-refractivity contribution in [3.8, 4) is 0 Å². The van der Waals surface area contributed by atoms with E-state index in [2.05, 4.69) is 9.89 Å². The fraction of sp³-hybridized carbons (Fsp3) is 0.370. The lowest BCUT2D eigenvalue weighted by atomic mass is 9.86. The van der Waals surface area contributed by atoms with Gasteiger partial charge in [-0.2, -0.15) is 0 Å². The van der Waals surface area contributed by atoms with Crippen LogP contribution in [-0.4, -0.2) is 65.1 Å². The molecular formula is C27H29Cl2N5O4S. The summed E-state index contributed by atoms with van der Waals surface area (Å²) in [4.78, 5) is 35.8. The van der Waals surface area contributed by atoms with Gasteiger partial charge < -0.3 is 9.80 Å². The lowest BCUT2D eigenvalue weighted by Gasteiger charge is -2.40. The minimum Gasteiger partial charge on any atom is -0.368 e. The fourth-order valence-electron chi connectivity index (χ4n) is 5.23. The van der Waals surface area contributed by atoms with Crippen molar-refractivity contribution < 1.29 is 13.2 Å². The summed E-state index contributed by atoms with van der Waals surface area (Å²) >= 11 is 13.0. The third-order valence-corrected chi connectivity index (χ3v) is 10.2. The highest BCUT2D eigenvalue weighted by atomic mass is 35.5. The number of carbonyl (C=O) groups excluding carboxylic acids is 1. The van der Waals surface area contributed by atoms with E-state index in [1.54, 1.807) is 30.0 Å². The van der Waals surface area contributed by atoms with Gasteiger partial charge in [-0.05, 0) is 44.5 Å². The average molecular weight is 591 g/mol. The van der Waals surface area contributed by atoms with E-state index in [0.717, 1.165) is 9.77 Å². The van der Waals surface area contributed by atoms with Crippen molar-refractivity contribution in [3.05, 3.63) is 80.6 Å². The van der Waals surface area contributed by atoms with Crippen molar-refractivity contribution in [2.45, 2.75) is 32.1 Å². The van der Waals surface area contributed by atoms with Crippen molar-refractivity contribution >= 4 is 56.3 Å². The van der Waals surface area contributed by atoms with Gasteiger partial charge in [0.15, 0.2) is 5.82 Å². The van der Waals surface area contributed by atoms with Gasteiger partial charge in [-0.3, -0.25) is 9.59 Å². The number of anilines is 1. The second-order valence-electron chi connectivity index (χ2n) is 9.99. The van der Waals surface area contributed by atoms with E-state index in [0.29, 0.717) is 37.5 Å². The van der Waals surface area contributed by atoms with Crippen molar-refractivity contribution in [2.75, 3.05) is 31.1 Å². The summed E-state index contributed by atoms with van der Waals surface area (Å²) in [5.41, 5.74) is 1.24. The minimum absolute atomic E-state index is 0.140. The van der Waals surface area contributed by atoms with Gasteiger partial charge in [0, 0.05) is 37.6 Å². The Bertz CT molecular complexity index is 1610. The first-order valence-electron chi connectivity index (χ1n) is 12.7. The molecule has 2 aliphatic rings. The number of hydrogen-bond acceptors (Lipinski definition) is 6. The lowest BCUT2D eigenvalue weighted by molar-refractivity contribution is -0.134. The molecule has 0 N–H and O–H groups in total. The molecule has 0 spiro atoms. The van der Waals surface area contributed by atoms with E-state index in [1.807, 2.05) is 30.3 Å². The highest BCUT2D eigenvalue weighted by Crippen LogP contribution is 2.42. The molecule has 3 aromatic rings. The Morgan fingerprint density at radius 3 is 2.31 bits per heavy atom. The zero-order chi connectivity index (χ0) is 28.1. The number of halogens is 2. The molecule has 12 heteroatoms. The van der Waals surface area contributed by atoms with Crippen molar-refractivity contribution in [1.82, 2.24) is 13.7 Å². The van der Waals surface area contributed by atoms with Crippen LogP contribution in [0.25, 0.3) is 0 Å². The van der Waals surface area contributed by atoms with Crippen LogP contribution in [0.4, 0.5) is 11.5 Å². The molecule has 9 nitrogen and oxygen atoms in total. The number of amides is 1. The second kappa shape index (κ2) is 10.5.